The molecule has 0 spiro atoms. The molecule has 0 amide bonds. The Kier molecular flexibility index (Phi) is 2.72. The smallest absolute Gasteiger partial charge is 0.0167 e. The molecular formula is C15H21N. The number of benzene rings is 1. The molecule has 0 saturated heterocycles. The van der Waals surface area contributed by atoms with Crippen LogP contribution >= 0.6 is 0 Å². The lowest BCUT2D eigenvalue weighted by Gasteiger charge is -2.32. The molecule has 2 fully saturated rings. The summed E-state index contributed by atoms with van der Waals surface area (Å²) in [5.74, 6) is 2.66. The highest BCUT2D eigenvalue weighted by Crippen LogP contribution is 2.52. The summed E-state index contributed by atoms with van der Waals surface area (Å²) in [5, 5.41) is 3.72. The highest BCUT2D eigenvalue weighted by atomic mass is 14.9. The molecule has 2 aliphatic carbocycles. The molecule has 16 heavy (non-hydrogen) atoms. The van der Waals surface area contributed by atoms with Crippen molar-refractivity contribution in [2.24, 2.45) is 11.8 Å². The van der Waals surface area contributed by atoms with Gasteiger partial charge in [-0.3, -0.25) is 0 Å². The lowest BCUT2D eigenvalue weighted by molar-refractivity contribution is 0.315. The van der Waals surface area contributed by atoms with Crippen LogP contribution in [0.2, 0.25) is 0 Å². The summed E-state index contributed by atoms with van der Waals surface area (Å²) in [7, 11) is 0. The standard InChI is InChI=1S/C15H21N/c1-2-16-15-13-9-8-12(10-13)14(15)11-6-4-3-5-7-11/h3-7,12-16H,2,8-10H2,1H3/t12-,13+,14+,15+/m1/s1. The molecule has 3 rings (SSSR count). The van der Waals surface area contributed by atoms with E-state index in [4.69, 9.17) is 0 Å². The van der Waals surface area contributed by atoms with Crippen LogP contribution < -0.4 is 5.32 Å². The lowest BCUT2D eigenvalue weighted by Crippen LogP contribution is -2.39. The van der Waals surface area contributed by atoms with Gasteiger partial charge >= 0.3 is 0 Å². The predicted octanol–water partition coefficient (Wildman–Crippen LogP) is 3.18. The second-order valence-corrected chi connectivity index (χ2v) is 5.35. The molecule has 1 N–H and O–H groups in total. The number of likely N-dealkylation sites (N-methyl/N-ethyl adjacent to an activating group) is 1. The number of hydrogen-bond donors (Lipinski definition) is 1. The number of fused-ring (bicyclic) bond motifs is 2. The van der Waals surface area contributed by atoms with Crippen LogP contribution in [0.3, 0.4) is 0 Å². The Labute approximate surface area is 98.3 Å². The zero-order valence-electron chi connectivity index (χ0n) is 10.0. The van der Waals surface area contributed by atoms with Gasteiger partial charge in [-0.25, -0.2) is 0 Å². The second-order valence-electron chi connectivity index (χ2n) is 5.35. The Morgan fingerprint density at radius 1 is 1.12 bits per heavy atom. The third kappa shape index (κ3) is 1.58. The van der Waals surface area contributed by atoms with Gasteiger partial charge in [-0.15, -0.1) is 0 Å². The van der Waals surface area contributed by atoms with E-state index in [1.807, 2.05) is 0 Å². The Morgan fingerprint density at radius 3 is 2.62 bits per heavy atom. The summed E-state index contributed by atoms with van der Waals surface area (Å²) < 4.78 is 0. The van der Waals surface area contributed by atoms with Gasteiger partial charge in [-0.05, 0) is 43.2 Å². The van der Waals surface area contributed by atoms with E-state index >= 15 is 0 Å². The van der Waals surface area contributed by atoms with Crippen molar-refractivity contribution in [1.29, 1.82) is 0 Å². The van der Waals surface area contributed by atoms with Crippen LogP contribution in [0.15, 0.2) is 30.3 Å². The van der Waals surface area contributed by atoms with Crippen molar-refractivity contribution in [3.63, 3.8) is 0 Å². The number of rotatable bonds is 3. The van der Waals surface area contributed by atoms with Crippen molar-refractivity contribution < 1.29 is 0 Å². The van der Waals surface area contributed by atoms with Crippen LogP contribution in [-0.2, 0) is 0 Å². The van der Waals surface area contributed by atoms with Gasteiger partial charge in [0.15, 0.2) is 0 Å². The molecule has 1 aromatic rings. The van der Waals surface area contributed by atoms with Gasteiger partial charge < -0.3 is 5.32 Å². The molecule has 4 atom stereocenters. The van der Waals surface area contributed by atoms with Gasteiger partial charge in [0.05, 0.1) is 0 Å². The maximum absolute atomic E-state index is 3.72. The predicted molar refractivity (Wildman–Crippen MR) is 67.5 cm³/mol. The fourth-order valence-corrected chi connectivity index (χ4v) is 3.98. The van der Waals surface area contributed by atoms with E-state index in [1.165, 1.54) is 19.3 Å². The monoisotopic (exact) mass is 215 g/mol. The van der Waals surface area contributed by atoms with E-state index in [9.17, 15) is 0 Å². The van der Waals surface area contributed by atoms with Crippen LogP contribution in [0.25, 0.3) is 0 Å². The molecule has 2 saturated carbocycles. The first-order valence-corrected chi connectivity index (χ1v) is 6.68. The highest BCUT2D eigenvalue weighted by Gasteiger charge is 2.47. The van der Waals surface area contributed by atoms with E-state index in [2.05, 4.69) is 42.6 Å². The molecule has 1 nitrogen and oxygen atoms in total. The Balaban J connectivity index is 1.88. The molecule has 0 radical (unpaired) electrons. The average molecular weight is 215 g/mol. The molecule has 0 heterocycles. The highest BCUT2D eigenvalue weighted by molar-refractivity contribution is 5.26. The Hall–Kier alpha value is -0.820. The zero-order chi connectivity index (χ0) is 11.0. The fourth-order valence-electron chi connectivity index (χ4n) is 3.98. The molecule has 0 unspecified atom stereocenters. The molecule has 86 valence electrons. The summed E-state index contributed by atoms with van der Waals surface area (Å²) in [6.45, 7) is 3.34. The topological polar surface area (TPSA) is 12.0 Å². The average Bonchev–Trinajstić information content (AvgIpc) is 2.91. The van der Waals surface area contributed by atoms with E-state index in [0.29, 0.717) is 0 Å². The summed E-state index contributed by atoms with van der Waals surface area (Å²) >= 11 is 0. The third-order valence-electron chi connectivity index (χ3n) is 4.54. The molecule has 2 aliphatic rings. The van der Waals surface area contributed by atoms with Crippen LogP contribution in [0, 0.1) is 11.8 Å². The van der Waals surface area contributed by atoms with E-state index < -0.39 is 0 Å². The van der Waals surface area contributed by atoms with Crippen LogP contribution in [0.1, 0.15) is 37.7 Å². The normalized spacial score (nSPS) is 36.8. The second kappa shape index (κ2) is 4.21. The largest absolute Gasteiger partial charge is 0.313 e. The summed E-state index contributed by atoms with van der Waals surface area (Å²) in [6.07, 6.45) is 4.36. The van der Waals surface area contributed by atoms with E-state index in [0.717, 1.165) is 30.3 Å². The first-order valence-electron chi connectivity index (χ1n) is 6.68. The third-order valence-corrected chi connectivity index (χ3v) is 4.54. The van der Waals surface area contributed by atoms with Gasteiger partial charge in [-0.2, -0.15) is 0 Å². The molecule has 2 bridgehead atoms. The van der Waals surface area contributed by atoms with Crippen molar-refractivity contribution >= 4 is 0 Å². The fraction of sp³-hybridized carbons (Fsp3) is 0.600. The van der Waals surface area contributed by atoms with Crippen molar-refractivity contribution in [2.75, 3.05) is 6.54 Å². The zero-order valence-corrected chi connectivity index (χ0v) is 10.0. The van der Waals surface area contributed by atoms with Gasteiger partial charge in [0.25, 0.3) is 0 Å². The van der Waals surface area contributed by atoms with Gasteiger partial charge in [0.2, 0.25) is 0 Å². The van der Waals surface area contributed by atoms with Crippen molar-refractivity contribution in [3.05, 3.63) is 35.9 Å². The quantitative estimate of drug-likeness (QED) is 0.816. The minimum Gasteiger partial charge on any atom is -0.313 e. The summed E-state index contributed by atoms with van der Waals surface area (Å²) in [5.41, 5.74) is 1.56. The van der Waals surface area contributed by atoms with E-state index in [-0.39, 0.29) is 0 Å². The first-order chi connectivity index (χ1) is 7.90. The minimum atomic E-state index is 0.742. The van der Waals surface area contributed by atoms with Crippen molar-refractivity contribution in [1.82, 2.24) is 5.32 Å². The van der Waals surface area contributed by atoms with Gasteiger partial charge in [0.1, 0.15) is 0 Å². The molecule has 1 aromatic carbocycles. The molecule has 0 aliphatic heterocycles. The first kappa shape index (κ1) is 10.3. The molecular weight excluding hydrogens is 194 g/mol. The Morgan fingerprint density at radius 2 is 1.88 bits per heavy atom. The summed E-state index contributed by atoms with van der Waals surface area (Å²) in [6, 6.07) is 11.9. The maximum atomic E-state index is 3.72. The molecule has 0 aromatic heterocycles. The van der Waals surface area contributed by atoms with E-state index in [1.54, 1.807) is 5.56 Å². The molecule has 1 heteroatoms. The van der Waals surface area contributed by atoms with Crippen LogP contribution in [0.4, 0.5) is 0 Å². The maximum Gasteiger partial charge on any atom is 0.0167 e. The van der Waals surface area contributed by atoms with Gasteiger partial charge in [0, 0.05) is 12.0 Å². The SMILES string of the molecule is CCN[C@H]1[C@H]2CC[C@H](C2)[C@@H]1c1ccccc1. The lowest BCUT2D eigenvalue weighted by atomic mass is 9.80. The van der Waals surface area contributed by atoms with Gasteiger partial charge in [-0.1, -0.05) is 37.3 Å². The minimum absolute atomic E-state index is 0.742. The van der Waals surface area contributed by atoms with Crippen LogP contribution in [0.5, 0.6) is 0 Å². The number of hydrogen-bond acceptors (Lipinski definition) is 1. The summed E-state index contributed by atoms with van der Waals surface area (Å²) in [4.78, 5) is 0. The van der Waals surface area contributed by atoms with Crippen LogP contribution in [-0.4, -0.2) is 12.6 Å². The van der Waals surface area contributed by atoms with Crippen molar-refractivity contribution in [3.8, 4) is 0 Å². The Bertz CT molecular complexity index is 346. The van der Waals surface area contributed by atoms with Crippen molar-refractivity contribution in [2.45, 2.75) is 38.1 Å². The number of nitrogens with one attached hydrogen (secondary N) is 1.